The number of nitrogens with one attached hydrogen (secondary N) is 1. The summed E-state index contributed by atoms with van der Waals surface area (Å²) in [6.07, 6.45) is 0. The minimum Gasteiger partial charge on any atom is -0.504 e. The van der Waals surface area contributed by atoms with Gasteiger partial charge in [0.25, 0.3) is 11.5 Å². The summed E-state index contributed by atoms with van der Waals surface area (Å²) in [5.74, 6) is -0.249. The van der Waals surface area contributed by atoms with Gasteiger partial charge in [0.1, 0.15) is 0 Å². The second kappa shape index (κ2) is 6.64. The molecule has 2 aromatic carbocycles. The van der Waals surface area contributed by atoms with Crippen LogP contribution in [0.25, 0.3) is 10.8 Å². The molecule has 25 heavy (non-hydrogen) atoms. The van der Waals surface area contributed by atoms with Crippen LogP contribution >= 0.6 is 0 Å². The molecule has 1 aromatic heterocycles. The number of amides is 1. The van der Waals surface area contributed by atoms with Crippen LogP contribution in [0.5, 0.6) is 11.5 Å². The number of aryl methyl sites for hydroxylation is 1. The maximum atomic E-state index is 12.7. The number of hydrogen-bond donors (Lipinski definition) is 2. The lowest BCUT2D eigenvalue weighted by atomic mass is 10.1. The Labute approximate surface area is 143 Å². The Kier molecular flexibility index (Phi) is 4.38. The molecule has 1 heterocycles. The molecule has 0 radical (unpaired) electrons. The van der Waals surface area contributed by atoms with Crippen LogP contribution in [0.15, 0.2) is 47.3 Å². The number of aromatic hydroxyl groups is 1. The van der Waals surface area contributed by atoms with Crippen molar-refractivity contribution in [1.29, 1.82) is 0 Å². The molecule has 0 fully saturated rings. The molecule has 3 aromatic rings. The molecule has 0 unspecified atom stereocenters. The highest BCUT2D eigenvalue weighted by Gasteiger charge is 2.17. The Hall–Kier alpha value is -3.35. The third kappa shape index (κ3) is 3.03. The van der Waals surface area contributed by atoms with Crippen LogP contribution in [0, 0.1) is 0 Å². The Morgan fingerprint density at radius 1 is 1.24 bits per heavy atom. The Balaban J connectivity index is 2.04. The SMILES string of the molecule is CCn1nc(C(=O)Nc2ccc(OC)c(O)c2)c2ccccc2c1=O. The van der Waals surface area contributed by atoms with E-state index in [1.807, 2.05) is 0 Å². The number of carbonyl (C=O) groups excluding carboxylic acids is 1. The molecule has 2 N–H and O–H groups in total. The van der Waals surface area contributed by atoms with Crippen LogP contribution in [0.1, 0.15) is 17.4 Å². The molecular weight excluding hydrogens is 322 g/mol. The first kappa shape index (κ1) is 16.5. The molecule has 7 nitrogen and oxygen atoms in total. The second-order valence-electron chi connectivity index (χ2n) is 5.36. The lowest BCUT2D eigenvalue weighted by Crippen LogP contribution is -2.27. The molecule has 1 amide bonds. The van der Waals surface area contributed by atoms with Gasteiger partial charge < -0.3 is 15.2 Å². The van der Waals surface area contributed by atoms with Gasteiger partial charge in [0, 0.05) is 23.7 Å². The summed E-state index contributed by atoms with van der Waals surface area (Å²) < 4.78 is 6.23. The van der Waals surface area contributed by atoms with Crippen molar-refractivity contribution >= 4 is 22.4 Å². The summed E-state index contributed by atoms with van der Waals surface area (Å²) >= 11 is 0. The number of hydrogen-bond acceptors (Lipinski definition) is 5. The molecule has 128 valence electrons. The minimum absolute atomic E-state index is 0.0864. The molecule has 0 aliphatic carbocycles. The minimum atomic E-state index is -0.469. The molecule has 0 saturated heterocycles. The van der Waals surface area contributed by atoms with E-state index < -0.39 is 5.91 Å². The van der Waals surface area contributed by atoms with Gasteiger partial charge in [0.05, 0.1) is 12.5 Å². The third-order valence-electron chi connectivity index (χ3n) is 3.82. The van der Waals surface area contributed by atoms with Crippen LogP contribution in [-0.4, -0.2) is 27.9 Å². The third-order valence-corrected chi connectivity index (χ3v) is 3.82. The fourth-order valence-electron chi connectivity index (χ4n) is 2.58. The van der Waals surface area contributed by atoms with Gasteiger partial charge in [0.2, 0.25) is 0 Å². The van der Waals surface area contributed by atoms with Crippen molar-refractivity contribution in [2.45, 2.75) is 13.5 Å². The molecule has 7 heteroatoms. The molecule has 3 rings (SSSR count). The lowest BCUT2D eigenvalue weighted by molar-refractivity contribution is 0.102. The van der Waals surface area contributed by atoms with Crippen LogP contribution in [0.4, 0.5) is 5.69 Å². The smallest absolute Gasteiger partial charge is 0.276 e. The van der Waals surface area contributed by atoms with Gasteiger partial charge in [-0.25, -0.2) is 4.68 Å². The molecule has 0 saturated carbocycles. The van der Waals surface area contributed by atoms with Crippen LogP contribution in [0.2, 0.25) is 0 Å². The van der Waals surface area contributed by atoms with Gasteiger partial charge in [-0.15, -0.1) is 0 Å². The van der Waals surface area contributed by atoms with Gasteiger partial charge >= 0.3 is 0 Å². The van der Waals surface area contributed by atoms with E-state index in [2.05, 4.69) is 10.4 Å². The zero-order chi connectivity index (χ0) is 18.0. The normalized spacial score (nSPS) is 10.6. The first-order chi connectivity index (χ1) is 12.0. The second-order valence-corrected chi connectivity index (χ2v) is 5.36. The predicted octanol–water partition coefficient (Wildman–Crippen LogP) is 2.38. The summed E-state index contributed by atoms with van der Waals surface area (Å²) in [6, 6.07) is 11.4. The average Bonchev–Trinajstić information content (AvgIpc) is 2.62. The summed E-state index contributed by atoms with van der Waals surface area (Å²) in [5.41, 5.74) is 0.299. The zero-order valence-corrected chi connectivity index (χ0v) is 13.8. The number of benzene rings is 2. The topological polar surface area (TPSA) is 93.5 Å². The van der Waals surface area contributed by atoms with E-state index in [0.29, 0.717) is 28.8 Å². The number of anilines is 1. The van der Waals surface area contributed by atoms with Gasteiger partial charge in [-0.05, 0) is 25.1 Å². The fraction of sp³-hybridized carbons (Fsp3) is 0.167. The van der Waals surface area contributed by atoms with E-state index in [1.54, 1.807) is 43.3 Å². The number of fused-ring (bicyclic) bond motifs is 1. The number of aromatic nitrogens is 2. The van der Waals surface area contributed by atoms with Gasteiger partial charge in [-0.3, -0.25) is 9.59 Å². The first-order valence-corrected chi connectivity index (χ1v) is 7.73. The maximum absolute atomic E-state index is 12.7. The van der Waals surface area contributed by atoms with Crippen LogP contribution < -0.4 is 15.6 Å². The van der Waals surface area contributed by atoms with Gasteiger partial charge in [0.15, 0.2) is 17.2 Å². The fourth-order valence-corrected chi connectivity index (χ4v) is 2.58. The summed E-state index contributed by atoms with van der Waals surface area (Å²) in [6.45, 7) is 2.14. The zero-order valence-electron chi connectivity index (χ0n) is 13.8. The van der Waals surface area contributed by atoms with Crippen molar-refractivity contribution < 1.29 is 14.6 Å². The molecule has 0 bridgehead atoms. The van der Waals surface area contributed by atoms with E-state index in [0.717, 1.165) is 0 Å². The van der Waals surface area contributed by atoms with Crippen LogP contribution in [0.3, 0.4) is 0 Å². The molecule has 0 atom stereocenters. The predicted molar refractivity (Wildman–Crippen MR) is 94.3 cm³/mol. The highest BCUT2D eigenvalue weighted by molar-refractivity contribution is 6.11. The summed E-state index contributed by atoms with van der Waals surface area (Å²) in [5, 5.41) is 17.6. The number of phenolic OH excluding ortho intramolecular Hbond substituents is 1. The van der Waals surface area contributed by atoms with E-state index >= 15 is 0 Å². The number of phenols is 1. The van der Waals surface area contributed by atoms with Crippen molar-refractivity contribution in [2.75, 3.05) is 12.4 Å². The standard InChI is InChI=1S/C18H17N3O4/c1-3-21-18(24)13-7-5-4-6-12(13)16(20-21)17(23)19-11-8-9-15(25-2)14(22)10-11/h4-10,22H,3H2,1-2H3,(H,19,23). The average molecular weight is 339 g/mol. The molecular formula is C18H17N3O4. The number of rotatable bonds is 4. The molecule has 0 spiro atoms. The monoisotopic (exact) mass is 339 g/mol. The molecule has 0 aliphatic rings. The van der Waals surface area contributed by atoms with Crippen molar-refractivity contribution in [3.63, 3.8) is 0 Å². The Bertz CT molecular complexity index is 1010. The van der Waals surface area contributed by atoms with E-state index in [4.69, 9.17) is 4.74 Å². The summed E-state index contributed by atoms with van der Waals surface area (Å²) in [4.78, 5) is 25.0. The number of nitrogens with zero attached hydrogens (tertiary/aromatic N) is 2. The highest BCUT2D eigenvalue weighted by atomic mass is 16.5. The Morgan fingerprint density at radius 3 is 2.60 bits per heavy atom. The van der Waals surface area contributed by atoms with E-state index in [-0.39, 0.29) is 17.0 Å². The van der Waals surface area contributed by atoms with Gasteiger partial charge in [-0.1, -0.05) is 18.2 Å². The van der Waals surface area contributed by atoms with Crippen molar-refractivity contribution in [2.24, 2.45) is 0 Å². The quantitative estimate of drug-likeness (QED) is 0.761. The molecule has 0 aliphatic heterocycles. The highest BCUT2D eigenvalue weighted by Crippen LogP contribution is 2.28. The van der Waals surface area contributed by atoms with Crippen molar-refractivity contribution in [3.05, 3.63) is 58.5 Å². The van der Waals surface area contributed by atoms with E-state index in [1.165, 1.54) is 17.9 Å². The number of carbonyl (C=O) groups is 1. The van der Waals surface area contributed by atoms with E-state index in [9.17, 15) is 14.7 Å². The van der Waals surface area contributed by atoms with Crippen molar-refractivity contribution in [3.8, 4) is 11.5 Å². The first-order valence-electron chi connectivity index (χ1n) is 7.73. The largest absolute Gasteiger partial charge is 0.504 e. The maximum Gasteiger partial charge on any atom is 0.276 e. The van der Waals surface area contributed by atoms with Gasteiger partial charge in [-0.2, -0.15) is 5.10 Å². The lowest BCUT2D eigenvalue weighted by Gasteiger charge is -2.11. The Morgan fingerprint density at radius 2 is 1.96 bits per heavy atom. The number of ether oxygens (including phenoxy) is 1. The summed E-state index contributed by atoms with van der Waals surface area (Å²) in [7, 11) is 1.44. The number of methoxy groups -OCH3 is 1. The van der Waals surface area contributed by atoms with Crippen molar-refractivity contribution in [1.82, 2.24) is 9.78 Å². The van der Waals surface area contributed by atoms with Crippen LogP contribution in [-0.2, 0) is 6.54 Å².